The third-order valence-corrected chi connectivity index (χ3v) is 3.26. The molecule has 0 aliphatic heterocycles. The van der Waals surface area contributed by atoms with Gasteiger partial charge >= 0.3 is 6.18 Å². The molecule has 19 heavy (non-hydrogen) atoms. The molecule has 0 fully saturated rings. The van der Waals surface area contributed by atoms with Crippen molar-refractivity contribution >= 4 is 0 Å². The lowest BCUT2D eigenvalue weighted by Crippen LogP contribution is -2.43. The van der Waals surface area contributed by atoms with Crippen molar-refractivity contribution in [3.8, 4) is 0 Å². The molecule has 1 N–H and O–H groups in total. The van der Waals surface area contributed by atoms with E-state index in [-0.39, 0.29) is 12.0 Å². The molecule has 0 aliphatic rings. The molecular weight excluding hydrogens is 253 g/mol. The number of alkyl halides is 3. The Morgan fingerprint density at radius 1 is 1.11 bits per heavy atom. The molecule has 116 valence electrons. The summed E-state index contributed by atoms with van der Waals surface area (Å²) in [5.41, 5.74) is 0.125. The number of hydrogen-bond acceptors (Lipinski definition) is 2. The highest BCUT2D eigenvalue weighted by atomic mass is 19.4. The van der Waals surface area contributed by atoms with Gasteiger partial charge in [-0.2, -0.15) is 13.2 Å². The van der Waals surface area contributed by atoms with Gasteiger partial charge in [0, 0.05) is 12.6 Å². The lowest BCUT2D eigenvalue weighted by molar-refractivity contribution is -0.137. The topological polar surface area (TPSA) is 15.3 Å². The fourth-order valence-electron chi connectivity index (χ4n) is 1.94. The summed E-state index contributed by atoms with van der Waals surface area (Å²) >= 11 is 0. The first-order valence-corrected chi connectivity index (χ1v) is 7.05. The van der Waals surface area contributed by atoms with E-state index >= 15 is 0 Å². The van der Waals surface area contributed by atoms with Crippen LogP contribution in [0.25, 0.3) is 0 Å². The molecule has 0 aromatic carbocycles. The average Bonchev–Trinajstić information content (AvgIpc) is 2.23. The fourth-order valence-corrected chi connectivity index (χ4v) is 1.94. The van der Waals surface area contributed by atoms with Crippen molar-refractivity contribution in [2.75, 3.05) is 26.7 Å². The Kier molecular flexibility index (Phi) is 7.98. The molecule has 1 unspecified atom stereocenters. The highest BCUT2D eigenvalue weighted by Crippen LogP contribution is 2.23. The highest BCUT2D eigenvalue weighted by molar-refractivity contribution is 4.81. The van der Waals surface area contributed by atoms with Crippen LogP contribution in [0.15, 0.2) is 0 Å². The van der Waals surface area contributed by atoms with Gasteiger partial charge in [0.05, 0.1) is 6.42 Å². The van der Waals surface area contributed by atoms with Crippen LogP contribution in [0.5, 0.6) is 0 Å². The van der Waals surface area contributed by atoms with Crippen molar-refractivity contribution in [3.63, 3.8) is 0 Å². The van der Waals surface area contributed by atoms with Gasteiger partial charge in [-0.15, -0.1) is 0 Å². The number of rotatable bonds is 8. The van der Waals surface area contributed by atoms with E-state index in [9.17, 15) is 13.2 Å². The molecule has 0 spiro atoms. The van der Waals surface area contributed by atoms with E-state index < -0.39 is 12.6 Å². The van der Waals surface area contributed by atoms with Crippen LogP contribution in [0, 0.1) is 5.41 Å². The van der Waals surface area contributed by atoms with E-state index in [1.807, 2.05) is 0 Å². The minimum absolute atomic E-state index is 0.0775. The Labute approximate surface area is 115 Å². The van der Waals surface area contributed by atoms with E-state index in [0.29, 0.717) is 12.6 Å². The summed E-state index contributed by atoms with van der Waals surface area (Å²) in [4.78, 5) is 1.76. The smallest absolute Gasteiger partial charge is 0.313 e. The van der Waals surface area contributed by atoms with Crippen LogP contribution in [-0.2, 0) is 0 Å². The molecule has 0 saturated carbocycles. The van der Waals surface area contributed by atoms with Crippen LogP contribution >= 0.6 is 0 Å². The standard InChI is InChI=1S/C14H29F3N2/c1-6-9-18-12(13(2,3)4)7-10-19(5)11-8-14(15,16)17/h12,18H,6-11H2,1-5H3. The molecule has 2 nitrogen and oxygen atoms in total. The second-order valence-electron chi connectivity index (χ2n) is 6.33. The molecule has 0 saturated heterocycles. The van der Waals surface area contributed by atoms with E-state index in [1.165, 1.54) is 0 Å². The molecule has 5 heteroatoms. The predicted octanol–water partition coefficient (Wildman–Crippen LogP) is 3.68. The molecular formula is C14H29F3N2. The predicted molar refractivity (Wildman–Crippen MR) is 74.3 cm³/mol. The Morgan fingerprint density at radius 2 is 1.68 bits per heavy atom. The fraction of sp³-hybridized carbons (Fsp3) is 1.00. The first-order valence-electron chi connectivity index (χ1n) is 7.05. The van der Waals surface area contributed by atoms with Crippen molar-refractivity contribution in [2.24, 2.45) is 5.41 Å². The summed E-state index contributed by atoms with van der Waals surface area (Å²) in [5.74, 6) is 0. The third-order valence-electron chi connectivity index (χ3n) is 3.26. The number of halogens is 3. The van der Waals surface area contributed by atoms with E-state index in [4.69, 9.17) is 0 Å². The molecule has 0 rings (SSSR count). The van der Waals surface area contributed by atoms with Gasteiger partial charge in [-0.1, -0.05) is 27.7 Å². The van der Waals surface area contributed by atoms with E-state index in [1.54, 1.807) is 11.9 Å². The van der Waals surface area contributed by atoms with Crippen LogP contribution in [-0.4, -0.2) is 43.8 Å². The van der Waals surface area contributed by atoms with E-state index in [2.05, 4.69) is 33.0 Å². The SMILES string of the molecule is CCCNC(CCN(C)CCC(F)(F)F)C(C)(C)C. The lowest BCUT2D eigenvalue weighted by atomic mass is 9.84. The quantitative estimate of drug-likeness (QED) is 0.730. The number of nitrogens with zero attached hydrogens (tertiary/aromatic N) is 1. The molecule has 0 amide bonds. The van der Waals surface area contributed by atoms with Gasteiger partial charge in [0.15, 0.2) is 0 Å². The maximum atomic E-state index is 12.1. The van der Waals surface area contributed by atoms with Crippen LogP contribution in [0.1, 0.15) is 47.0 Å². The van der Waals surface area contributed by atoms with Gasteiger partial charge in [0.2, 0.25) is 0 Å². The zero-order valence-corrected chi connectivity index (χ0v) is 12.9. The summed E-state index contributed by atoms with van der Waals surface area (Å²) in [7, 11) is 1.76. The summed E-state index contributed by atoms with van der Waals surface area (Å²) in [6, 6.07) is 0.334. The molecule has 0 aliphatic carbocycles. The van der Waals surface area contributed by atoms with Crippen molar-refractivity contribution in [1.82, 2.24) is 10.2 Å². The molecule has 0 aromatic heterocycles. The van der Waals surface area contributed by atoms with Crippen molar-refractivity contribution in [1.29, 1.82) is 0 Å². The van der Waals surface area contributed by atoms with Gasteiger partial charge in [-0.25, -0.2) is 0 Å². The van der Waals surface area contributed by atoms with Gasteiger partial charge in [0.25, 0.3) is 0 Å². The molecule has 0 aromatic rings. The van der Waals surface area contributed by atoms with Crippen LogP contribution in [0.2, 0.25) is 0 Å². The average molecular weight is 282 g/mol. The van der Waals surface area contributed by atoms with Gasteiger partial charge < -0.3 is 10.2 Å². The second kappa shape index (κ2) is 8.10. The second-order valence-corrected chi connectivity index (χ2v) is 6.33. The number of hydrogen-bond donors (Lipinski definition) is 1. The monoisotopic (exact) mass is 282 g/mol. The first-order chi connectivity index (χ1) is 8.56. The largest absolute Gasteiger partial charge is 0.390 e. The van der Waals surface area contributed by atoms with Crippen molar-refractivity contribution in [2.45, 2.75) is 59.2 Å². The van der Waals surface area contributed by atoms with Crippen LogP contribution in [0.4, 0.5) is 13.2 Å². The molecule has 0 bridgehead atoms. The minimum Gasteiger partial charge on any atom is -0.313 e. The Hall–Kier alpha value is -0.290. The minimum atomic E-state index is -4.06. The first kappa shape index (κ1) is 18.7. The summed E-state index contributed by atoms with van der Waals surface area (Å²) in [5, 5.41) is 3.49. The van der Waals surface area contributed by atoms with Gasteiger partial charge in [-0.3, -0.25) is 0 Å². The summed E-state index contributed by atoms with van der Waals surface area (Å²) in [6.45, 7) is 10.3. The summed E-state index contributed by atoms with van der Waals surface area (Å²) < 4.78 is 36.4. The molecule has 0 radical (unpaired) electrons. The normalized spacial score (nSPS) is 15.0. The van der Waals surface area contributed by atoms with Crippen molar-refractivity contribution in [3.05, 3.63) is 0 Å². The van der Waals surface area contributed by atoms with E-state index in [0.717, 1.165) is 19.4 Å². The lowest BCUT2D eigenvalue weighted by Gasteiger charge is -2.33. The highest BCUT2D eigenvalue weighted by Gasteiger charge is 2.28. The third kappa shape index (κ3) is 10.2. The maximum absolute atomic E-state index is 12.1. The molecule has 1 atom stereocenters. The zero-order valence-electron chi connectivity index (χ0n) is 12.9. The summed E-state index contributed by atoms with van der Waals surface area (Å²) in [6.07, 6.45) is -2.85. The maximum Gasteiger partial charge on any atom is 0.390 e. The Balaban J connectivity index is 4.09. The zero-order chi connectivity index (χ0) is 15.1. The Morgan fingerprint density at radius 3 is 2.11 bits per heavy atom. The van der Waals surface area contributed by atoms with Crippen LogP contribution < -0.4 is 5.32 Å². The number of nitrogens with one attached hydrogen (secondary N) is 1. The van der Waals surface area contributed by atoms with Crippen LogP contribution in [0.3, 0.4) is 0 Å². The molecule has 0 heterocycles. The van der Waals surface area contributed by atoms with Crippen molar-refractivity contribution < 1.29 is 13.2 Å². The Bertz CT molecular complexity index is 234. The van der Waals surface area contributed by atoms with Gasteiger partial charge in [0.1, 0.15) is 0 Å². The van der Waals surface area contributed by atoms with Gasteiger partial charge in [-0.05, 0) is 38.4 Å².